The number of aliphatic hydroxyl groups excluding tert-OH is 2. The molecule has 10 bridgehead atoms. The second-order valence-corrected chi connectivity index (χ2v) is 28.1. The molecule has 1 aromatic rings. The standard InChI is InChI=1S/C70H101N7O21/c1-38(2)62(76-59(81)20-24-89-26-27-90-25-23-77-60(82)17-18-61(77)83)67(85)75-50(8-7-22-72-68(71)86)66(84)74-43-11-9-42(10-12-43)37-91-69(87)73-36-45(79)32-56-63(88-6)49-31-44(78)30-47-14-16-53-65(94-47)58-34-57(95-53)64-51(80)35-70(97-58,98-64)21-19-48-29-40(4)52(92-48)15-13-46-28-39(3)41(5)54(93-46)33-55(49)96-56/h9-12,17-18,38-39,45-58,62-65,79-80H,4-5,7-8,13-16,19-37H2,1-3,6H3,(H,73,87)(H,74,84)(H,75,85)(H,76,81)(H3,71,72,86)/t39-,45?,46+,47?,48?,49?,50?,51-,52?,53+,54?,55+,56-,57?,58?,62+,63-,64?,65+,70-/m1/s1. The molecule has 8 amide bonds. The van der Waals surface area contributed by atoms with E-state index >= 15 is 0 Å². The zero-order valence-corrected chi connectivity index (χ0v) is 56.8. The molecule has 8 saturated heterocycles. The van der Waals surface area contributed by atoms with Crippen molar-refractivity contribution in [1.29, 1.82) is 0 Å². The summed E-state index contributed by atoms with van der Waals surface area (Å²) in [5.74, 6) is -4.19. The molecule has 9 aliphatic rings. The fourth-order valence-electron chi connectivity index (χ4n) is 15.3. The van der Waals surface area contributed by atoms with Crippen molar-refractivity contribution in [2.24, 2.45) is 23.5 Å². The van der Waals surface area contributed by atoms with E-state index in [9.17, 15) is 48.6 Å². The zero-order chi connectivity index (χ0) is 69.8. The average Bonchev–Trinajstić information content (AvgIpc) is 1.57. The number of aliphatic hydroxyl groups is 2. The van der Waals surface area contributed by atoms with Crippen LogP contribution in [0.1, 0.15) is 135 Å². The first-order chi connectivity index (χ1) is 47.0. The van der Waals surface area contributed by atoms with E-state index in [0.29, 0.717) is 56.2 Å². The Bertz CT molecular complexity index is 3010. The number of anilines is 1. The number of ether oxygens (including phenoxy) is 11. The Morgan fingerprint density at radius 1 is 0.765 bits per heavy atom. The van der Waals surface area contributed by atoms with Crippen LogP contribution < -0.4 is 32.3 Å². The summed E-state index contributed by atoms with van der Waals surface area (Å²) in [6.45, 7) is 14.9. The van der Waals surface area contributed by atoms with Crippen LogP contribution in [-0.4, -0.2) is 225 Å². The number of Topliss-reactive ketones (excluding diaryl/α,β-unsaturated/α-hetero) is 1. The smallest absolute Gasteiger partial charge is 0.407 e. The summed E-state index contributed by atoms with van der Waals surface area (Å²) in [6, 6.07) is 3.57. The van der Waals surface area contributed by atoms with Crippen molar-refractivity contribution in [3.05, 3.63) is 66.3 Å². The molecule has 1 spiro atoms. The summed E-state index contributed by atoms with van der Waals surface area (Å²) in [7, 11) is 1.57. The summed E-state index contributed by atoms with van der Waals surface area (Å²) in [6.07, 6.45) is 2.13. The van der Waals surface area contributed by atoms with Gasteiger partial charge in [-0.1, -0.05) is 46.1 Å². The fraction of sp³-hybridized carbons (Fsp3) is 0.714. The van der Waals surface area contributed by atoms with Crippen molar-refractivity contribution < 1.29 is 101 Å². The van der Waals surface area contributed by atoms with E-state index in [1.165, 1.54) is 12.2 Å². The van der Waals surface area contributed by atoms with Gasteiger partial charge in [0.25, 0.3) is 11.8 Å². The number of carbonyl (C=O) groups excluding carboxylic acids is 8. The van der Waals surface area contributed by atoms with E-state index in [2.05, 4.69) is 46.7 Å². The lowest BCUT2D eigenvalue weighted by Crippen LogP contribution is -2.58. The minimum Gasteiger partial charge on any atom is -0.445 e. The molecule has 8 fully saturated rings. The van der Waals surface area contributed by atoms with Gasteiger partial charge in [0, 0.05) is 95.3 Å². The van der Waals surface area contributed by atoms with Gasteiger partial charge in [0.05, 0.1) is 112 Å². The van der Waals surface area contributed by atoms with Crippen LogP contribution in [-0.2, 0) is 87.5 Å². The van der Waals surface area contributed by atoms with Crippen LogP contribution in [0.4, 0.5) is 15.3 Å². The molecular formula is C70H101N7O21. The number of nitrogens with zero attached hydrogens (tertiary/aromatic N) is 1. The highest BCUT2D eigenvalue weighted by atomic mass is 16.7. The van der Waals surface area contributed by atoms with Gasteiger partial charge in [0.2, 0.25) is 17.7 Å². The van der Waals surface area contributed by atoms with Crippen LogP contribution in [0.15, 0.2) is 60.7 Å². The second kappa shape index (κ2) is 34.4. The van der Waals surface area contributed by atoms with Gasteiger partial charge in [0.1, 0.15) is 36.7 Å². The van der Waals surface area contributed by atoms with Crippen LogP contribution in [0.3, 0.4) is 0 Å². The van der Waals surface area contributed by atoms with Crippen molar-refractivity contribution in [3.63, 3.8) is 0 Å². The Kier molecular flexibility index (Phi) is 26.1. The molecule has 0 aromatic heterocycles. The molecule has 0 aliphatic carbocycles. The van der Waals surface area contributed by atoms with Crippen molar-refractivity contribution in [2.45, 2.75) is 246 Å². The number of imide groups is 1. The van der Waals surface area contributed by atoms with Gasteiger partial charge >= 0.3 is 12.1 Å². The summed E-state index contributed by atoms with van der Waals surface area (Å²) in [5.41, 5.74) is 8.16. The van der Waals surface area contributed by atoms with E-state index in [-0.39, 0.29) is 152 Å². The van der Waals surface area contributed by atoms with Gasteiger partial charge in [-0.2, -0.15) is 0 Å². The molecule has 9 N–H and O–H groups in total. The molecule has 20 atom stereocenters. The minimum atomic E-state index is -1.11. The molecule has 9 aliphatic heterocycles. The molecule has 98 heavy (non-hydrogen) atoms. The monoisotopic (exact) mass is 1380 g/mol. The fourth-order valence-corrected chi connectivity index (χ4v) is 15.3. The van der Waals surface area contributed by atoms with Crippen LogP contribution >= 0.6 is 0 Å². The molecule has 28 heteroatoms. The average molecular weight is 1380 g/mol. The van der Waals surface area contributed by atoms with E-state index < -0.39 is 114 Å². The lowest BCUT2D eigenvalue weighted by molar-refractivity contribution is -0.277. The number of alkyl carbamates (subject to hydrolysis) is 1. The third kappa shape index (κ3) is 19.6. The van der Waals surface area contributed by atoms with Crippen molar-refractivity contribution >= 4 is 53.1 Å². The molecule has 542 valence electrons. The molecule has 28 nitrogen and oxygen atoms in total. The number of ketones is 1. The number of primary amides is 1. The predicted octanol–water partition coefficient (Wildman–Crippen LogP) is 3.75. The predicted molar refractivity (Wildman–Crippen MR) is 350 cm³/mol. The highest BCUT2D eigenvalue weighted by Gasteiger charge is 2.60. The van der Waals surface area contributed by atoms with Crippen LogP contribution in [0.5, 0.6) is 0 Å². The number of nitrogens with one attached hydrogen (secondary N) is 5. The molecular weight excluding hydrogens is 1270 g/mol. The first kappa shape index (κ1) is 74.4. The summed E-state index contributed by atoms with van der Waals surface area (Å²) in [5, 5.41) is 36.2. The third-order valence-corrected chi connectivity index (χ3v) is 20.5. The lowest BCUT2D eigenvalue weighted by atomic mass is 9.81. The molecule has 10 unspecified atom stereocenters. The zero-order valence-electron chi connectivity index (χ0n) is 56.8. The summed E-state index contributed by atoms with van der Waals surface area (Å²) >= 11 is 0. The molecule has 9 heterocycles. The highest BCUT2D eigenvalue weighted by Crippen LogP contribution is 2.49. The Labute approximate surface area is 572 Å². The summed E-state index contributed by atoms with van der Waals surface area (Å²) < 4.78 is 70.1. The Morgan fingerprint density at radius 3 is 2.24 bits per heavy atom. The number of amides is 8. The Balaban J connectivity index is 0.704. The maximum Gasteiger partial charge on any atom is 0.407 e. The number of hydrogen-bond acceptors (Lipinski definition) is 21. The number of hydrogen-bond donors (Lipinski definition) is 8. The highest BCUT2D eigenvalue weighted by molar-refractivity contribution is 6.12. The maximum absolute atomic E-state index is 14.5. The Hall–Kier alpha value is -6.28. The van der Waals surface area contributed by atoms with E-state index in [4.69, 9.17) is 57.8 Å². The van der Waals surface area contributed by atoms with Crippen molar-refractivity contribution in [1.82, 2.24) is 26.2 Å². The quantitative estimate of drug-likeness (QED) is 0.0372. The van der Waals surface area contributed by atoms with Crippen LogP contribution in [0.25, 0.3) is 0 Å². The van der Waals surface area contributed by atoms with E-state index in [0.717, 1.165) is 41.7 Å². The van der Waals surface area contributed by atoms with Crippen molar-refractivity contribution in [2.75, 3.05) is 58.5 Å². The topological polar surface area (TPSA) is 368 Å². The third-order valence-electron chi connectivity index (χ3n) is 20.5. The number of carbonyl (C=O) groups is 8. The second-order valence-electron chi connectivity index (χ2n) is 28.1. The van der Waals surface area contributed by atoms with Gasteiger partial charge in [-0.25, -0.2) is 9.59 Å². The maximum atomic E-state index is 14.5. The van der Waals surface area contributed by atoms with Crippen LogP contribution in [0.2, 0.25) is 0 Å². The number of nitrogens with two attached hydrogens (primary N) is 1. The number of methoxy groups -OCH3 is 1. The number of rotatable bonds is 26. The molecule has 1 aromatic carbocycles. The van der Waals surface area contributed by atoms with E-state index in [1.54, 1.807) is 45.2 Å². The van der Waals surface area contributed by atoms with Gasteiger partial charge < -0.3 is 94.6 Å². The van der Waals surface area contributed by atoms with E-state index in [1.807, 2.05) is 0 Å². The van der Waals surface area contributed by atoms with Crippen LogP contribution in [0, 0.1) is 17.8 Å². The largest absolute Gasteiger partial charge is 0.445 e. The van der Waals surface area contributed by atoms with Crippen molar-refractivity contribution in [3.8, 4) is 0 Å². The number of fused-ring (bicyclic) bond motifs is 9. The van der Waals surface area contributed by atoms with Gasteiger partial charge in [-0.05, 0) is 98.5 Å². The molecule has 0 radical (unpaired) electrons. The first-order valence-corrected chi connectivity index (χ1v) is 35.0. The normalized spacial score (nSPS) is 33.3. The minimum absolute atomic E-state index is 0.0177. The van der Waals surface area contributed by atoms with Gasteiger partial charge in [-0.15, -0.1) is 0 Å². The first-order valence-electron chi connectivity index (χ1n) is 35.0. The number of benzene rings is 1. The van der Waals surface area contributed by atoms with Gasteiger partial charge in [-0.3, -0.25) is 33.7 Å². The number of urea groups is 1. The molecule has 10 rings (SSSR count). The SMILES string of the molecule is C=C1CC2CC[C@]34C[C@@H](O)C(O3)C3CC(O4)[C@H]4OC(CC[C@@H]4O3)CC(=O)CC3[C@H](CC4O[C@@H](CCC1O2)C[C@@H](C)C4=C)O[C@H](CC(O)CNC(=O)OCc1ccc(NC(=O)C(CCCNC(N)=O)NC(=O)[C@@H](NC(=O)CCOCCOCCN2C(=O)C=CC2=O)C(C)C)cc1)[C@@H]3OC. The molecule has 0 saturated carbocycles. The van der Waals surface area contributed by atoms with Gasteiger partial charge in [0.15, 0.2) is 5.79 Å². The Morgan fingerprint density at radius 2 is 1.50 bits per heavy atom. The summed E-state index contributed by atoms with van der Waals surface area (Å²) in [4.78, 5) is 104. The lowest BCUT2D eigenvalue weighted by Gasteiger charge is -2.47.